The number of unbranched alkanes of at least 4 members (excludes halogenated alkanes) is 1. The van der Waals surface area contributed by atoms with Gasteiger partial charge in [0.2, 0.25) is 0 Å². The second-order valence-corrected chi connectivity index (χ2v) is 5.81. The average molecular weight is 240 g/mol. The van der Waals surface area contributed by atoms with Crippen LogP contribution < -0.4 is 0 Å². The van der Waals surface area contributed by atoms with Crippen molar-refractivity contribution < 1.29 is 21.6 Å². The maximum absolute atomic E-state index is 10.6. The minimum atomic E-state index is -4.34. The van der Waals surface area contributed by atoms with Crippen LogP contribution in [0.3, 0.4) is 0 Å². The van der Waals surface area contributed by atoms with Gasteiger partial charge in [-0.3, -0.25) is 4.55 Å². The van der Waals surface area contributed by atoms with Crippen molar-refractivity contribution in [2.24, 2.45) is 0 Å². The summed E-state index contributed by atoms with van der Waals surface area (Å²) in [5.74, 6) is 0. The molecule has 0 bridgehead atoms. The van der Waals surface area contributed by atoms with Crippen LogP contribution in [0.4, 0.5) is 0 Å². The zero-order chi connectivity index (χ0) is 12.1. The Bertz CT molecular complexity index is 268. The minimum Gasteiger partial charge on any atom is -0.329 e. The molecule has 0 aromatic carbocycles. The largest absolute Gasteiger partial charge is 0.397 e. The van der Waals surface area contributed by atoms with Crippen LogP contribution in [0.15, 0.2) is 0 Å². The second kappa shape index (κ2) is 5.79. The standard InChI is InChI=1S/C9H21NO4S/c1-5-6-7-9(8-10(2,3)4)14-15(11,12)13/h9H,5-8H2,1-4H3/p+1. The highest BCUT2D eigenvalue weighted by Crippen LogP contribution is 2.10. The fraction of sp³-hybridized carbons (Fsp3) is 1.00. The topological polar surface area (TPSA) is 63.6 Å². The van der Waals surface area contributed by atoms with Gasteiger partial charge in [0.25, 0.3) is 0 Å². The highest BCUT2D eigenvalue weighted by atomic mass is 32.3. The van der Waals surface area contributed by atoms with Gasteiger partial charge in [-0.1, -0.05) is 19.8 Å². The van der Waals surface area contributed by atoms with E-state index in [1.165, 1.54) is 0 Å². The molecule has 0 amide bonds. The molecule has 1 N–H and O–H groups in total. The quantitative estimate of drug-likeness (QED) is 0.534. The highest BCUT2D eigenvalue weighted by molar-refractivity contribution is 7.80. The zero-order valence-corrected chi connectivity index (χ0v) is 10.7. The lowest BCUT2D eigenvalue weighted by atomic mass is 10.1. The van der Waals surface area contributed by atoms with Crippen molar-refractivity contribution in [1.82, 2.24) is 0 Å². The molecule has 0 saturated carbocycles. The van der Waals surface area contributed by atoms with E-state index in [0.717, 1.165) is 12.8 Å². The van der Waals surface area contributed by atoms with Crippen LogP contribution in [0.2, 0.25) is 0 Å². The zero-order valence-electron chi connectivity index (χ0n) is 9.93. The predicted octanol–water partition coefficient (Wildman–Crippen LogP) is 1.07. The third-order valence-electron chi connectivity index (χ3n) is 1.89. The lowest BCUT2D eigenvalue weighted by Crippen LogP contribution is -2.43. The Balaban J connectivity index is 4.32. The molecule has 0 heterocycles. The van der Waals surface area contributed by atoms with Crippen molar-refractivity contribution in [3.8, 4) is 0 Å². The minimum absolute atomic E-state index is 0.444. The van der Waals surface area contributed by atoms with Crippen LogP contribution >= 0.6 is 0 Å². The Morgan fingerprint density at radius 1 is 1.33 bits per heavy atom. The predicted molar refractivity (Wildman–Crippen MR) is 58.8 cm³/mol. The molecule has 0 spiro atoms. The third kappa shape index (κ3) is 10.1. The number of hydrogen-bond acceptors (Lipinski definition) is 3. The van der Waals surface area contributed by atoms with Gasteiger partial charge >= 0.3 is 10.4 Å². The van der Waals surface area contributed by atoms with Gasteiger partial charge in [0.15, 0.2) is 0 Å². The van der Waals surface area contributed by atoms with Crippen molar-refractivity contribution in [1.29, 1.82) is 0 Å². The van der Waals surface area contributed by atoms with Gasteiger partial charge < -0.3 is 4.48 Å². The maximum atomic E-state index is 10.6. The number of quaternary nitrogens is 1. The van der Waals surface area contributed by atoms with Gasteiger partial charge in [0, 0.05) is 0 Å². The Kier molecular flexibility index (Phi) is 5.72. The van der Waals surface area contributed by atoms with Crippen molar-refractivity contribution in [3.63, 3.8) is 0 Å². The molecule has 92 valence electrons. The van der Waals surface area contributed by atoms with Gasteiger partial charge in [-0.2, -0.15) is 8.42 Å². The van der Waals surface area contributed by atoms with Crippen molar-refractivity contribution >= 4 is 10.4 Å². The van der Waals surface area contributed by atoms with E-state index in [0.29, 0.717) is 17.4 Å². The van der Waals surface area contributed by atoms with E-state index >= 15 is 0 Å². The van der Waals surface area contributed by atoms with Gasteiger partial charge in [-0.05, 0) is 6.42 Å². The van der Waals surface area contributed by atoms with E-state index in [1.54, 1.807) is 0 Å². The molecule has 0 rings (SSSR count). The molecule has 0 aliphatic rings. The molecule has 1 unspecified atom stereocenters. The van der Waals surface area contributed by atoms with Gasteiger partial charge in [-0.25, -0.2) is 4.18 Å². The molecule has 15 heavy (non-hydrogen) atoms. The van der Waals surface area contributed by atoms with E-state index in [9.17, 15) is 8.42 Å². The molecule has 0 aliphatic heterocycles. The molecule has 0 aromatic rings. The smallest absolute Gasteiger partial charge is 0.329 e. The van der Waals surface area contributed by atoms with Crippen LogP contribution in [0.25, 0.3) is 0 Å². The summed E-state index contributed by atoms with van der Waals surface area (Å²) in [4.78, 5) is 0. The lowest BCUT2D eigenvalue weighted by molar-refractivity contribution is -0.873. The second-order valence-electron chi connectivity index (χ2n) is 4.76. The fourth-order valence-corrected chi connectivity index (χ4v) is 1.89. The van der Waals surface area contributed by atoms with Crippen LogP contribution in [0, 0.1) is 0 Å². The van der Waals surface area contributed by atoms with Gasteiger partial charge in [0.05, 0.1) is 21.1 Å². The number of hydrogen-bond donors (Lipinski definition) is 1. The molecular formula is C9H22NO4S+. The lowest BCUT2D eigenvalue weighted by Gasteiger charge is -2.28. The van der Waals surface area contributed by atoms with Gasteiger partial charge in [0.1, 0.15) is 12.6 Å². The SMILES string of the molecule is CCCCC(C[N+](C)(C)C)OS(=O)(=O)O. The molecular weight excluding hydrogens is 218 g/mol. The first-order valence-electron chi connectivity index (χ1n) is 5.10. The molecule has 1 atom stereocenters. The average Bonchev–Trinajstić information content (AvgIpc) is 1.94. The molecule has 0 aromatic heterocycles. The van der Waals surface area contributed by atoms with Crippen molar-refractivity contribution in [2.45, 2.75) is 32.3 Å². The van der Waals surface area contributed by atoms with E-state index in [1.807, 2.05) is 28.1 Å². The summed E-state index contributed by atoms with van der Waals surface area (Å²) < 4.78 is 35.1. The summed E-state index contributed by atoms with van der Waals surface area (Å²) in [6, 6.07) is 0. The van der Waals surface area contributed by atoms with E-state index in [-0.39, 0.29) is 0 Å². The number of nitrogens with zero attached hydrogens (tertiary/aromatic N) is 1. The maximum Gasteiger partial charge on any atom is 0.397 e. The first kappa shape index (κ1) is 14.8. The highest BCUT2D eigenvalue weighted by Gasteiger charge is 2.23. The van der Waals surface area contributed by atoms with E-state index in [2.05, 4.69) is 4.18 Å². The van der Waals surface area contributed by atoms with Crippen LogP contribution in [-0.2, 0) is 14.6 Å². The summed E-state index contributed by atoms with van der Waals surface area (Å²) in [6.07, 6.45) is 2.06. The Labute approximate surface area is 92.6 Å². The van der Waals surface area contributed by atoms with Crippen LogP contribution in [0.1, 0.15) is 26.2 Å². The summed E-state index contributed by atoms with van der Waals surface area (Å²) in [5.41, 5.74) is 0. The molecule has 6 heteroatoms. The summed E-state index contributed by atoms with van der Waals surface area (Å²) >= 11 is 0. The molecule has 0 saturated heterocycles. The van der Waals surface area contributed by atoms with Crippen LogP contribution in [0.5, 0.6) is 0 Å². The summed E-state index contributed by atoms with van der Waals surface area (Å²) in [7, 11) is 1.52. The normalized spacial score (nSPS) is 15.3. The van der Waals surface area contributed by atoms with Crippen LogP contribution in [-0.4, -0.2) is 51.2 Å². The number of rotatable bonds is 7. The Morgan fingerprint density at radius 3 is 2.20 bits per heavy atom. The van der Waals surface area contributed by atoms with Crippen molar-refractivity contribution in [2.75, 3.05) is 27.7 Å². The molecule has 0 aliphatic carbocycles. The molecule has 0 fully saturated rings. The Morgan fingerprint density at radius 2 is 1.87 bits per heavy atom. The first-order valence-corrected chi connectivity index (χ1v) is 6.46. The Hall–Kier alpha value is -0.170. The van der Waals surface area contributed by atoms with Crippen molar-refractivity contribution in [3.05, 3.63) is 0 Å². The summed E-state index contributed by atoms with van der Waals surface area (Å²) in [5, 5.41) is 0. The summed E-state index contributed by atoms with van der Waals surface area (Å²) in [6.45, 7) is 2.58. The van der Waals surface area contributed by atoms with E-state index < -0.39 is 16.5 Å². The third-order valence-corrected chi connectivity index (χ3v) is 2.40. The van der Waals surface area contributed by atoms with E-state index in [4.69, 9.17) is 4.55 Å². The molecule has 0 radical (unpaired) electrons. The first-order chi connectivity index (χ1) is 6.64. The molecule has 5 nitrogen and oxygen atoms in total. The monoisotopic (exact) mass is 240 g/mol. The van der Waals surface area contributed by atoms with Gasteiger partial charge in [-0.15, -0.1) is 0 Å². The number of likely N-dealkylation sites (N-methyl/N-ethyl adjacent to an activating group) is 1. The fourth-order valence-electron chi connectivity index (χ4n) is 1.38.